The van der Waals surface area contributed by atoms with Gasteiger partial charge in [-0.1, -0.05) is 0 Å². The van der Waals surface area contributed by atoms with Gasteiger partial charge in [0.15, 0.2) is 11.6 Å². The molecule has 0 spiro atoms. The third-order valence-corrected chi connectivity index (χ3v) is 2.94. The van der Waals surface area contributed by atoms with E-state index in [9.17, 15) is 22.8 Å². The zero-order chi connectivity index (χ0) is 17.9. The second-order valence-corrected chi connectivity index (χ2v) is 6.05. The van der Waals surface area contributed by atoms with Crippen molar-refractivity contribution in [3.8, 4) is 0 Å². The maximum absolute atomic E-state index is 13.8. The highest BCUT2D eigenvalue weighted by Crippen LogP contribution is 2.28. The predicted octanol–water partition coefficient (Wildman–Crippen LogP) is 2.54. The summed E-state index contributed by atoms with van der Waals surface area (Å²) in [5.74, 6) is -7.71. The Bertz CT molecular complexity index is 613. The molecule has 5 nitrogen and oxygen atoms in total. The Kier molecular flexibility index (Phi) is 5.76. The van der Waals surface area contributed by atoms with E-state index in [-0.39, 0.29) is 6.07 Å². The molecule has 23 heavy (non-hydrogen) atoms. The summed E-state index contributed by atoms with van der Waals surface area (Å²) < 4.78 is 45.1. The number of carbonyl (C=O) groups excluding carboxylic acids is 1. The Balaban J connectivity index is 3.19. The number of carboxylic acids is 1. The summed E-state index contributed by atoms with van der Waals surface area (Å²) in [7, 11) is 0. The van der Waals surface area contributed by atoms with Crippen molar-refractivity contribution in [2.45, 2.75) is 38.8 Å². The molecule has 0 fully saturated rings. The summed E-state index contributed by atoms with van der Waals surface area (Å²) in [6.07, 6.45) is -0.742. The van der Waals surface area contributed by atoms with E-state index >= 15 is 0 Å². The van der Waals surface area contributed by atoms with E-state index in [1.165, 1.54) is 0 Å². The van der Waals surface area contributed by atoms with Crippen molar-refractivity contribution in [1.82, 2.24) is 0 Å². The second kappa shape index (κ2) is 6.99. The van der Waals surface area contributed by atoms with Gasteiger partial charge in [0.25, 0.3) is 0 Å². The van der Waals surface area contributed by atoms with E-state index in [0.717, 1.165) is 0 Å². The molecule has 0 aliphatic carbocycles. The van der Waals surface area contributed by atoms with Crippen LogP contribution in [0.1, 0.15) is 38.8 Å². The van der Waals surface area contributed by atoms with Gasteiger partial charge in [-0.05, 0) is 26.8 Å². The van der Waals surface area contributed by atoms with Gasteiger partial charge in [-0.2, -0.15) is 0 Å². The lowest BCUT2D eigenvalue weighted by Gasteiger charge is -2.27. The van der Waals surface area contributed by atoms with Gasteiger partial charge < -0.3 is 15.6 Å². The van der Waals surface area contributed by atoms with Crippen molar-refractivity contribution in [3.05, 3.63) is 35.1 Å². The van der Waals surface area contributed by atoms with Crippen LogP contribution in [0.25, 0.3) is 0 Å². The number of hydrogen-bond donors (Lipinski definition) is 2. The Labute approximate surface area is 131 Å². The molecule has 1 aromatic carbocycles. The van der Waals surface area contributed by atoms with Crippen LogP contribution in [-0.4, -0.2) is 22.6 Å². The number of carbonyl (C=O) groups is 2. The van der Waals surface area contributed by atoms with E-state index in [1.54, 1.807) is 20.8 Å². The number of halogens is 3. The number of benzene rings is 1. The van der Waals surface area contributed by atoms with Crippen LogP contribution in [0.3, 0.4) is 0 Å². The van der Waals surface area contributed by atoms with Crippen molar-refractivity contribution in [1.29, 1.82) is 0 Å². The van der Waals surface area contributed by atoms with Crippen LogP contribution in [-0.2, 0) is 14.3 Å². The molecule has 128 valence electrons. The zero-order valence-corrected chi connectivity index (χ0v) is 12.9. The topological polar surface area (TPSA) is 89.6 Å². The first-order valence-electron chi connectivity index (χ1n) is 6.77. The van der Waals surface area contributed by atoms with Gasteiger partial charge in [-0.3, -0.25) is 9.59 Å². The standard InChI is InChI=1S/C15H18F3NO4/c1-15(2,3)23-14(22)8(5-12(20)21)13(19)7-4-10(17)11(18)6-9(7)16/h4,6,8,13H,5,19H2,1-3H3,(H,20,21)/t8-,13?/m1/s1. The second-order valence-electron chi connectivity index (χ2n) is 6.05. The monoisotopic (exact) mass is 333 g/mol. The van der Waals surface area contributed by atoms with Crippen molar-refractivity contribution in [2.24, 2.45) is 11.7 Å². The Hall–Kier alpha value is -2.09. The number of esters is 1. The van der Waals surface area contributed by atoms with E-state index < -0.39 is 58.9 Å². The summed E-state index contributed by atoms with van der Waals surface area (Å²) in [5.41, 5.74) is 4.32. The van der Waals surface area contributed by atoms with Crippen LogP contribution in [0, 0.1) is 23.4 Å². The Morgan fingerprint density at radius 3 is 2.17 bits per heavy atom. The zero-order valence-electron chi connectivity index (χ0n) is 12.9. The normalized spacial score (nSPS) is 14.2. The first-order valence-corrected chi connectivity index (χ1v) is 6.77. The van der Waals surface area contributed by atoms with Crippen molar-refractivity contribution in [3.63, 3.8) is 0 Å². The first kappa shape index (κ1) is 19.0. The molecule has 0 aliphatic heterocycles. The van der Waals surface area contributed by atoms with Gasteiger partial charge in [0.05, 0.1) is 12.3 Å². The minimum Gasteiger partial charge on any atom is -0.481 e. The molecular formula is C15H18F3NO4. The summed E-state index contributed by atoms with van der Waals surface area (Å²) in [6, 6.07) is -0.706. The summed E-state index contributed by atoms with van der Waals surface area (Å²) in [6.45, 7) is 4.69. The molecule has 3 N–H and O–H groups in total. The number of hydrogen-bond acceptors (Lipinski definition) is 4. The van der Waals surface area contributed by atoms with Gasteiger partial charge in [0, 0.05) is 17.7 Å². The van der Waals surface area contributed by atoms with Crippen LogP contribution in [0.4, 0.5) is 13.2 Å². The highest BCUT2D eigenvalue weighted by molar-refractivity contribution is 5.80. The molecule has 0 heterocycles. The molecule has 0 saturated carbocycles. The smallest absolute Gasteiger partial charge is 0.311 e. The Morgan fingerprint density at radius 2 is 1.70 bits per heavy atom. The number of nitrogens with two attached hydrogens (primary N) is 1. The van der Waals surface area contributed by atoms with Crippen molar-refractivity contribution >= 4 is 11.9 Å². The molecule has 1 unspecified atom stereocenters. The van der Waals surface area contributed by atoms with E-state index in [1.807, 2.05) is 0 Å². The van der Waals surface area contributed by atoms with Gasteiger partial charge in [-0.15, -0.1) is 0 Å². The quantitative estimate of drug-likeness (QED) is 0.638. The lowest BCUT2D eigenvalue weighted by molar-refractivity contribution is -0.163. The highest BCUT2D eigenvalue weighted by Gasteiger charge is 2.34. The van der Waals surface area contributed by atoms with Crippen LogP contribution < -0.4 is 5.73 Å². The Morgan fingerprint density at radius 1 is 1.17 bits per heavy atom. The third kappa shape index (κ3) is 5.24. The fourth-order valence-electron chi connectivity index (χ4n) is 1.93. The number of carboxylic acid groups (broad SMARTS) is 1. The molecule has 0 radical (unpaired) electrons. The minimum absolute atomic E-state index is 0.289. The molecule has 2 atom stereocenters. The van der Waals surface area contributed by atoms with Gasteiger partial charge in [0.1, 0.15) is 11.4 Å². The third-order valence-electron chi connectivity index (χ3n) is 2.94. The molecule has 0 saturated heterocycles. The molecular weight excluding hydrogens is 315 g/mol. The summed E-state index contributed by atoms with van der Waals surface area (Å²) >= 11 is 0. The van der Waals surface area contributed by atoms with Gasteiger partial charge >= 0.3 is 11.9 Å². The van der Waals surface area contributed by atoms with Crippen molar-refractivity contribution in [2.75, 3.05) is 0 Å². The summed E-state index contributed by atoms with van der Waals surface area (Å²) in [4.78, 5) is 23.0. The van der Waals surface area contributed by atoms with Crippen LogP contribution in [0.2, 0.25) is 0 Å². The first-order chi connectivity index (χ1) is 10.4. The molecule has 0 bridgehead atoms. The van der Waals surface area contributed by atoms with Crippen LogP contribution >= 0.6 is 0 Å². The van der Waals surface area contributed by atoms with Crippen molar-refractivity contribution < 1.29 is 32.6 Å². The summed E-state index contributed by atoms with van der Waals surface area (Å²) in [5, 5.41) is 8.90. The molecule has 0 aliphatic rings. The molecule has 1 rings (SSSR count). The minimum atomic E-state index is -1.50. The van der Waals surface area contributed by atoms with E-state index in [2.05, 4.69) is 0 Å². The fraction of sp³-hybridized carbons (Fsp3) is 0.467. The van der Waals surface area contributed by atoms with Crippen LogP contribution in [0.5, 0.6) is 0 Å². The predicted molar refractivity (Wildman–Crippen MR) is 74.8 cm³/mol. The fourth-order valence-corrected chi connectivity index (χ4v) is 1.93. The molecule has 0 aromatic heterocycles. The van der Waals surface area contributed by atoms with E-state index in [0.29, 0.717) is 6.07 Å². The van der Waals surface area contributed by atoms with Crippen LogP contribution in [0.15, 0.2) is 12.1 Å². The molecule has 1 aromatic rings. The van der Waals surface area contributed by atoms with E-state index in [4.69, 9.17) is 15.6 Å². The average Bonchev–Trinajstić information content (AvgIpc) is 2.37. The highest BCUT2D eigenvalue weighted by atomic mass is 19.2. The SMILES string of the molecule is CC(C)(C)OC(=O)[C@H](CC(=O)O)C(N)c1cc(F)c(F)cc1F. The molecule has 8 heteroatoms. The molecule has 0 amide bonds. The van der Waals surface area contributed by atoms with Gasteiger partial charge in [-0.25, -0.2) is 13.2 Å². The maximum Gasteiger partial charge on any atom is 0.311 e. The van der Waals surface area contributed by atoms with Gasteiger partial charge in [0.2, 0.25) is 0 Å². The number of rotatable bonds is 5. The number of aliphatic carboxylic acids is 1. The number of ether oxygens (including phenoxy) is 1. The average molecular weight is 333 g/mol. The maximum atomic E-state index is 13.8. The lowest BCUT2D eigenvalue weighted by Crippen LogP contribution is -2.36. The lowest BCUT2D eigenvalue weighted by atomic mass is 9.90. The largest absolute Gasteiger partial charge is 0.481 e.